The number of morpholine rings is 1. The number of halogens is 1. The molecule has 0 spiro atoms. The van der Waals surface area contributed by atoms with Gasteiger partial charge >= 0.3 is 0 Å². The molecule has 0 radical (unpaired) electrons. The van der Waals surface area contributed by atoms with Crippen LogP contribution in [0.3, 0.4) is 0 Å². The Hall–Kier alpha value is -0.850. The van der Waals surface area contributed by atoms with Crippen molar-refractivity contribution in [1.82, 2.24) is 15.5 Å². The molecule has 0 aromatic carbocycles. The lowest BCUT2D eigenvalue weighted by atomic mass is 10.1. The van der Waals surface area contributed by atoms with Crippen LogP contribution in [-0.2, 0) is 14.3 Å². The van der Waals surface area contributed by atoms with Crippen molar-refractivity contribution in [2.45, 2.75) is 44.8 Å². The van der Waals surface area contributed by atoms with Crippen molar-refractivity contribution in [2.24, 2.45) is 0 Å². The highest BCUT2D eigenvalue weighted by Gasteiger charge is 2.24. The molecule has 2 saturated heterocycles. The molecule has 2 rings (SSSR count). The highest BCUT2D eigenvalue weighted by atomic mass is 35.5. The van der Waals surface area contributed by atoms with Crippen molar-refractivity contribution >= 4 is 24.2 Å². The monoisotopic (exact) mass is 319 g/mol. The van der Waals surface area contributed by atoms with Crippen molar-refractivity contribution in [3.8, 4) is 0 Å². The molecule has 0 aliphatic carbocycles. The van der Waals surface area contributed by atoms with Gasteiger partial charge in [0.05, 0.1) is 19.1 Å². The van der Waals surface area contributed by atoms with Crippen LogP contribution in [0.2, 0.25) is 0 Å². The minimum absolute atomic E-state index is 0. The van der Waals surface area contributed by atoms with E-state index in [0.29, 0.717) is 19.6 Å². The Kier molecular flexibility index (Phi) is 8.00. The van der Waals surface area contributed by atoms with Crippen molar-refractivity contribution < 1.29 is 14.3 Å². The maximum Gasteiger partial charge on any atom is 0.244 e. The van der Waals surface area contributed by atoms with Crippen LogP contribution >= 0.6 is 12.4 Å². The zero-order chi connectivity index (χ0) is 14.4. The summed E-state index contributed by atoms with van der Waals surface area (Å²) in [5.74, 6) is -0.0858. The number of nitrogens with zero attached hydrogens (tertiary/aromatic N) is 1. The summed E-state index contributed by atoms with van der Waals surface area (Å²) in [7, 11) is 0. The molecule has 2 amide bonds. The minimum Gasteiger partial charge on any atom is -0.375 e. The lowest BCUT2D eigenvalue weighted by molar-refractivity contribution is -0.137. The zero-order valence-electron chi connectivity index (χ0n) is 12.6. The summed E-state index contributed by atoms with van der Waals surface area (Å²) in [4.78, 5) is 26.0. The Morgan fingerprint density at radius 1 is 1.33 bits per heavy atom. The first-order valence-electron chi connectivity index (χ1n) is 7.57. The molecule has 2 unspecified atom stereocenters. The summed E-state index contributed by atoms with van der Waals surface area (Å²) in [5, 5.41) is 5.97. The molecule has 122 valence electrons. The summed E-state index contributed by atoms with van der Waals surface area (Å²) in [6.07, 6.45) is 3.55. The number of amides is 2. The fourth-order valence-corrected chi connectivity index (χ4v) is 2.71. The number of carbonyl (C=O) groups excluding carboxylic acids is 2. The van der Waals surface area contributed by atoms with E-state index in [9.17, 15) is 9.59 Å². The standard InChI is InChI=1S/C14H25N3O3.ClH/c1-11(14(19)17-6-3-2-4-7-17)16-13(18)9-12-10-15-5-8-20-12;/h11-12,15H,2-10H2,1H3,(H,16,18);1H. The third kappa shape index (κ3) is 5.80. The Labute approximate surface area is 132 Å². The first-order chi connectivity index (χ1) is 9.66. The van der Waals surface area contributed by atoms with E-state index in [-0.39, 0.29) is 30.3 Å². The molecule has 0 aromatic heterocycles. The smallest absolute Gasteiger partial charge is 0.244 e. The van der Waals surface area contributed by atoms with Crippen LogP contribution in [0, 0.1) is 0 Å². The van der Waals surface area contributed by atoms with E-state index < -0.39 is 6.04 Å². The summed E-state index contributed by atoms with van der Waals surface area (Å²) >= 11 is 0. The minimum atomic E-state index is -0.447. The topological polar surface area (TPSA) is 70.7 Å². The van der Waals surface area contributed by atoms with Crippen LogP contribution < -0.4 is 10.6 Å². The third-order valence-corrected chi connectivity index (χ3v) is 3.83. The second-order valence-corrected chi connectivity index (χ2v) is 5.58. The van der Waals surface area contributed by atoms with Gasteiger partial charge in [-0.05, 0) is 26.2 Å². The Balaban J connectivity index is 0.00000220. The van der Waals surface area contributed by atoms with Crippen LogP contribution in [0.25, 0.3) is 0 Å². The third-order valence-electron chi connectivity index (χ3n) is 3.83. The molecule has 6 nitrogen and oxygen atoms in total. The Bertz CT molecular complexity index is 342. The highest BCUT2D eigenvalue weighted by molar-refractivity contribution is 5.87. The maximum atomic E-state index is 12.2. The molecular formula is C14H26ClN3O3. The lowest BCUT2D eigenvalue weighted by Gasteiger charge is -2.30. The Morgan fingerprint density at radius 3 is 2.67 bits per heavy atom. The number of piperidine rings is 1. The van der Waals surface area contributed by atoms with Gasteiger partial charge in [0.15, 0.2) is 0 Å². The molecule has 2 aliphatic rings. The molecule has 2 N–H and O–H groups in total. The van der Waals surface area contributed by atoms with Gasteiger partial charge in [-0.2, -0.15) is 0 Å². The summed E-state index contributed by atoms with van der Waals surface area (Å²) in [5.41, 5.74) is 0. The van der Waals surface area contributed by atoms with E-state index in [1.807, 2.05) is 4.90 Å². The normalized spacial score (nSPS) is 23.9. The van der Waals surface area contributed by atoms with Crippen molar-refractivity contribution in [3.63, 3.8) is 0 Å². The van der Waals surface area contributed by atoms with Crippen molar-refractivity contribution in [1.29, 1.82) is 0 Å². The summed E-state index contributed by atoms with van der Waals surface area (Å²) in [6, 6.07) is -0.447. The number of hydrogen-bond donors (Lipinski definition) is 2. The van der Waals surface area contributed by atoms with Crippen LogP contribution in [0.5, 0.6) is 0 Å². The highest BCUT2D eigenvalue weighted by Crippen LogP contribution is 2.10. The van der Waals surface area contributed by atoms with Gasteiger partial charge in [0.25, 0.3) is 0 Å². The molecule has 0 saturated carbocycles. The number of likely N-dealkylation sites (tertiary alicyclic amines) is 1. The van der Waals surface area contributed by atoms with Crippen molar-refractivity contribution in [3.05, 3.63) is 0 Å². The molecular weight excluding hydrogens is 294 g/mol. The van der Waals surface area contributed by atoms with Gasteiger partial charge in [-0.1, -0.05) is 0 Å². The van der Waals surface area contributed by atoms with E-state index in [2.05, 4.69) is 10.6 Å². The van der Waals surface area contributed by atoms with Gasteiger partial charge in [0.1, 0.15) is 6.04 Å². The molecule has 2 atom stereocenters. The maximum absolute atomic E-state index is 12.2. The molecule has 0 bridgehead atoms. The SMILES string of the molecule is CC(NC(=O)CC1CNCCO1)C(=O)N1CCCCC1.Cl. The van der Waals surface area contributed by atoms with Gasteiger partial charge in [-0.3, -0.25) is 9.59 Å². The largest absolute Gasteiger partial charge is 0.375 e. The van der Waals surface area contributed by atoms with Gasteiger partial charge in [-0.25, -0.2) is 0 Å². The summed E-state index contributed by atoms with van der Waals surface area (Å²) < 4.78 is 5.49. The van der Waals surface area contributed by atoms with E-state index in [4.69, 9.17) is 4.74 Å². The molecule has 21 heavy (non-hydrogen) atoms. The van der Waals surface area contributed by atoms with E-state index in [0.717, 1.165) is 32.5 Å². The van der Waals surface area contributed by atoms with Crippen LogP contribution in [0.4, 0.5) is 0 Å². The number of hydrogen-bond acceptors (Lipinski definition) is 4. The second kappa shape index (κ2) is 9.23. The van der Waals surface area contributed by atoms with Crippen molar-refractivity contribution in [2.75, 3.05) is 32.8 Å². The predicted molar refractivity (Wildman–Crippen MR) is 82.5 cm³/mol. The second-order valence-electron chi connectivity index (χ2n) is 5.58. The van der Waals surface area contributed by atoms with Crippen LogP contribution in [0.1, 0.15) is 32.6 Å². The fourth-order valence-electron chi connectivity index (χ4n) is 2.71. The molecule has 2 fully saturated rings. The molecule has 2 heterocycles. The Morgan fingerprint density at radius 2 is 2.05 bits per heavy atom. The average molecular weight is 320 g/mol. The first kappa shape index (κ1) is 18.2. The number of rotatable bonds is 4. The van der Waals surface area contributed by atoms with Gasteiger partial charge in [-0.15, -0.1) is 12.4 Å². The number of ether oxygens (including phenoxy) is 1. The van der Waals surface area contributed by atoms with Crippen LogP contribution in [-0.4, -0.2) is 61.6 Å². The van der Waals surface area contributed by atoms with Crippen LogP contribution in [0.15, 0.2) is 0 Å². The van der Waals surface area contributed by atoms with E-state index in [1.165, 1.54) is 6.42 Å². The number of nitrogens with one attached hydrogen (secondary N) is 2. The lowest BCUT2D eigenvalue weighted by Crippen LogP contribution is -2.49. The quantitative estimate of drug-likeness (QED) is 0.782. The molecule has 7 heteroatoms. The predicted octanol–water partition coefficient (Wildman–Crippen LogP) is 0.304. The van der Waals surface area contributed by atoms with Gasteiger partial charge in [0, 0.05) is 26.2 Å². The van der Waals surface area contributed by atoms with Gasteiger partial charge in [0.2, 0.25) is 11.8 Å². The number of carbonyl (C=O) groups is 2. The zero-order valence-corrected chi connectivity index (χ0v) is 13.4. The first-order valence-corrected chi connectivity index (χ1v) is 7.57. The molecule has 2 aliphatic heterocycles. The van der Waals surface area contributed by atoms with E-state index >= 15 is 0 Å². The van der Waals surface area contributed by atoms with E-state index in [1.54, 1.807) is 6.92 Å². The average Bonchev–Trinajstić information content (AvgIpc) is 2.48. The summed E-state index contributed by atoms with van der Waals surface area (Å²) in [6.45, 7) is 5.56. The van der Waals surface area contributed by atoms with Gasteiger partial charge < -0.3 is 20.3 Å². The molecule has 0 aromatic rings. The fraction of sp³-hybridized carbons (Fsp3) is 0.857.